The van der Waals surface area contributed by atoms with E-state index in [9.17, 15) is 14.4 Å². The number of terminal acetylenes is 1. The third kappa shape index (κ3) is 7.30. The predicted molar refractivity (Wildman–Crippen MR) is 100 cm³/mol. The number of carbonyl (C=O) groups is 3. The van der Waals surface area contributed by atoms with E-state index in [0.717, 1.165) is 18.6 Å². The van der Waals surface area contributed by atoms with Gasteiger partial charge in [-0.1, -0.05) is 6.92 Å². The molecule has 2 atom stereocenters. The standard InChI is InChI=1S/C18H27N3O3S/c1-4-14(5-2)11-16(22)20-8-9-21-17(23)12-15(18(21)24)25-10-6-7-13(3)19/h1,14-15,19H,5-12H2,2-3H3,(H,20,22)/t14-,15?/m0/s1. The number of thioether (sulfide) groups is 1. The zero-order valence-electron chi connectivity index (χ0n) is 15.0. The van der Waals surface area contributed by atoms with E-state index in [4.69, 9.17) is 11.8 Å². The van der Waals surface area contributed by atoms with Crippen LogP contribution in [0.15, 0.2) is 0 Å². The molecule has 138 valence electrons. The van der Waals surface area contributed by atoms with Crippen molar-refractivity contribution in [1.29, 1.82) is 5.41 Å². The molecule has 1 heterocycles. The number of nitrogens with one attached hydrogen (secondary N) is 2. The van der Waals surface area contributed by atoms with Crippen LogP contribution in [0.5, 0.6) is 0 Å². The van der Waals surface area contributed by atoms with Crippen LogP contribution in [0, 0.1) is 23.7 Å². The Balaban J connectivity index is 2.33. The monoisotopic (exact) mass is 365 g/mol. The van der Waals surface area contributed by atoms with Gasteiger partial charge in [0, 0.05) is 37.6 Å². The van der Waals surface area contributed by atoms with Gasteiger partial charge in [-0.25, -0.2) is 0 Å². The van der Waals surface area contributed by atoms with Crippen LogP contribution < -0.4 is 5.32 Å². The van der Waals surface area contributed by atoms with E-state index in [1.165, 1.54) is 16.7 Å². The number of hydrogen-bond donors (Lipinski definition) is 2. The molecule has 0 spiro atoms. The van der Waals surface area contributed by atoms with Gasteiger partial charge in [0.25, 0.3) is 0 Å². The summed E-state index contributed by atoms with van der Waals surface area (Å²) >= 11 is 1.48. The zero-order valence-corrected chi connectivity index (χ0v) is 15.8. The molecular weight excluding hydrogens is 338 g/mol. The van der Waals surface area contributed by atoms with Gasteiger partial charge < -0.3 is 10.7 Å². The fraction of sp³-hybridized carbons (Fsp3) is 0.667. The van der Waals surface area contributed by atoms with Crippen LogP contribution in [0.3, 0.4) is 0 Å². The summed E-state index contributed by atoms with van der Waals surface area (Å²) in [6, 6.07) is 0. The highest BCUT2D eigenvalue weighted by Crippen LogP contribution is 2.25. The van der Waals surface area contributed by atoms with Crippen molar-refractivity contribution in [3.63, 3.8) is 0 Å². The molecule has 0 bridgehead atoms. The van der Waals surface area contributed by atoms with Crippen LogP contribution in [0.2, 0.25) is 0 Å². The maximum absolute atomic E-state index is 12.3. The minimum atomic E-state index is -0.333. The van der Waals surface area contributed by atoms with Crippen LogP contribution in [0.1, 0.15) is 46.0 Å². The molecule has 0 aromatic carbocycles. The largest absolute Gasteiger partial charge is 0.354 e. The lowest BCUT2D eigenvalue weighted by molar-refractivity contribution is -0.138. The maximum atomic E-state index is 12.3. The molecule has 0 aromatic rings. The SMILES string of the molecule is C#C[C@@H](CC)CC(=O)NCCN1C(=O)CC(SCCCC(C)=N)C1=O. The van der Waals surface area contributed by atoms with Gasteiger partial charge in [-0.3, -0.25) is 19.3 Å². The van der Waals surface area contributed by atoms with Gasteiger partial charge in [-0.2, -0.15) is 0 Å². The van der Waals surface area contributed by atoms with E-state index in [-0.39, 0.29) is 54.8 Å². The van der Waals surface area contributed by atoms with Crippen LogP contribution in [-0.2, 0) is 14.4 Å². The fourth-order valence-electron chi connectivity index (χ4n) is 2.51. The Kier molecular flexibility index (Phi) is 9.28. The minimum Gasteiger partial charge on any atom is -0.354 e. The summed E-state index contributed by atoms with van der Waals surface area (Å²) in [7, 11) is 0. The molecule has 2 N–H and O–H groups in total. The van der Waals surface area contributed by atoms with Crippen LogP contribution in [0.25, 0.3) is 0 Å². The van der Waals surface area contributed by atoms with Gasteiger partial charge in [0.05, 0.1) is 5.25 Å². The highest BCUT2D eigenvalue weighted by atomic mass is 32.2. The van der Waals surface area contributed by atoms with Gasteiger partial charge in [-0.15, -0.1) is 24.1 Å². The highest BCUT2D eigenvalue weighted by Gasteiger charge is 2.38. The Morgan fingerprint density at radius 1 is 1.52 bits per heavy atom. The van der Waals surface area contributed by atoms with E-state index < -0.39 is 0 Å². The van der Waals surface area contributed by atoms with Gasteiger partial charge in [-0.05, 0) is 31.9 Å². The van der Waals surface area contributed by atoms with Crippen LogP contribution >= 0.6 is 11.8 Å². The third-order valence-corrected chi connectivity index (χ3v) is 5.33. The minimum absolute atomic E-state index is 0.0829. The normalized spacial score (nSPS) is 18.1. The maximum Gasteiger partial charge on any atom is 0.242 e. The summed E-state index contributed by atoms with van der Waals surface area (Å²) in [6.07, 6.45) is 8.11. The molecule has 1 unspecified atom stereocenters. The fourth-order valence-corrected chi connectivity index (χ4v) is 3.63. The summed E-state index contributed by atoms with van der Waals surface area (Å²) in [5.41, 5.74) is 0.627. The summed E-state index contributed by atoms with van der Waals surface area (Å²) < 4.78 is 0. The van der Waals surface area contributed by atoms with Crippen molar-refractivity contribution in [2.75, 3.05) is 18.8 Å². The molecular formula is C18H27N3O3S. The van der Waals surface area contributed by atoms with E-state index in [0.29, 0.717) is 12.1 Å². The van der Waals surface area contributed by atoms with Crippen LogP contribution in [0.4, 0.5) is 0 Å². The van der Waals surface area contributed by atoms with Crippen LogP contribution in [-0.4, -0.2) is 52.4 Å². The molecule has 25 heavy (non-hydrogen) atoms. The Morgan fingerprint density at radius 3 is 2.84 bits per heavy atom. The molecule has 1 rings (SSSR count). The zero-order chi connectivity index (χ0) is 18.8. The second kappa shape index (κ2) is 10.9. The quantitative estimate of drug-likeness (QED) is 0.253. The number of hydrogen-bond acceptors (Lipinski definition) is 5. The number of amides is 3. The molecule has 0 aromatic heterocycles. The Labute approximate surface area is 154 Å². The molecule has 1 fully saturated rings. The average Bonchev–Trinajstić information content (AvgIpc) is 2.83. The van der Waals surface area contributed by atoms with Crippen molar-refractivity contribution >= 4 is 35.2 Å². The van der Waals surface area contributed by atoms with Crippen molar-refractivity contribution in [2.24, 2.45) is 5.92 Å². The van der Waals surface area contributed by atoms with E-state index >= 15 is 0 Å². The molecule has 6 nitrogen and oxygen atoms in total. The Morgan fingerprint density at radius 2 is 2.24 bits per heavy atom. The molecule has 0 radical (unpaired) electrons. The number of carbonyl (C=O) groups excluding carboxylic acids is 3. The van der Waals surface area contributed by atoms with Gasteiger partial charge in [0.1, 0.15) is 0 Å². The number of likely N-dealkylation sites (tertiary alicyclic amines) is 1. The van der Waals surface area contributed by atoms with Crippen molar-refractivity contribution in [1.82, 2.24) is 10.2 Å². The second-order valence-corrected chi connectivity index (χ2v) is 7.47. The highest BCUT2D eigenvalue weighted by molar-refractivity contribution is 8.00. The molecule has 7 heteroatoms. The second-order valence-electron chi connectivity index (χ2n) is 6.16. The first-order valence-electron chi connectivity index (χ1n) is 8.61. The lowest BCUT2D eigenvalue weighted by Crippen LogP contribution is -2.39. The smallest absolute Gasteiger partial charge is 0.242 e. The molecule has 0 saturated carbocycles. The van der Waals surface area contributed by atoms with E-state index in [1.54, 1.807) is 6.92 Å². The molecule has 0 aliphatic carbocycles. The summed E-state index contributed by atoms with van der Waals surface area (Å²) in [6.45, 7) is 4.15. The average molecular weight is 365 g/mol. The van der Waals surface area contributed by atoms with Gasteiger partial charge >= 0.3 is 0 Å². The lowest BCUT2D eigenvalue weighted by atomic mass is 10.0. The third-order valence-electron chi connectivity index (χ3n) is 4.04. The molecule has 1 aliphatic rings. The van der Waals surface area contributed by atoms with Gasteiger partial charge in [0.15, 0.2) is 0 Å². The van der Waals surface area contributed by atoms with Crippen molar-refractivity contribution in [3.8, 4) is 12.3 Å². The van der Waals surface area contributed by atoms with E-state index in [1.807, 2.05) is 6.92 Å². The van der Waals surface area contributed by atoms with E-state index in [2.05, 4.69) is 11.2 Å². The summed E-state index contributed by atoms with van der Waals surface area (Å²) in [5.74, 6) is 2.73. The predicted octanol–water partition coefficient (Wildman–Crippen LogP) is 1.83. The first kappa shape index (κ1) is 21.2. The van der Waals surface area contributed by atoms with Crippen molar-refractivity contribution < 1.29 is 14.4 Å². The summed E-state index contributed by atoms with van der Waals surface area (Å²) in [5, 5.41) is 9.76. The first-order valence-corrected chi connectivity index (χ1v) is 9.66. The van der Waals surface area contributed by atoms with Crippen molar-refractivity contribution in [2.45, 2.75) is 51.2 Å². The Hall–Kier alpha value is -1.81. The first-order chi connectivity index (χ1) is 11.9. The van der Waals surface area contributed by atoms with Crippen molar-refractivity contribution in [3.05, 3.63) is 0 Å². The van der Waals surface area contributed by atoms with Gasteiger partial charge in [0.2, 0.25) is 17.7 Å². The molecule has 1 aliphatic heterocycles. The number of nitrogens with zero attached hydrogens (tertiary/aromatic N) is 1. The topological polar surface area (TPSA) is 90.3 Å². The summed E-state index contributed by atoms with van der Waals surface area (Å²) in [4.78, 5) is 37.3. The Bertz CT molecular complexity index is 556. The molecule has 3 amide bonds. The number of rotatable bonds is 11. The molecule has 1 saturated heterocycles. The lowest BCUT2D eigenvalue weighted by Gasteiger charge is -2.16. The number of imide groups is 1.